The maximum absolute atomic E-state index is 13.3. The van der Waals surface area contributed by atoms with Crippen LogP contribution in [0.1, 0.15) is 22.5 Å². The molecule has 2 aromatic rings. The van der Waals surface area contributed by atoms with Crippen LogP contribution in [-0.2, 0) is 11.0 Å². The Bertz CT molecular complexity index is 910. The average molecular weight is 349 g/mol. The van der Waals surface area contributed by atoms with Gasteiger partial charge in [0.1, 0.15) is 5.70 Å². The largest absolute Gasteiger partial charge is 0.418 e. The third-order valence-electron chi connectivity index (χ3n) is 3.94. The van der Waals surface area contributed by atoms with Gasteiger partial charge in [0.25, 0.3) is 5.91 Å². The summed E-state index contributed by atoms with van der Waals surface area (Å²) in [5.41, 5.74) is 0.954. The molecule has 1 aliphatic heterocycles. The van der Waals surface area contributed by atoms with Crippen LogP contribution in [0.15, 0.2) is 36.0 Å². The first-order valence-electron chi connectivity index (χ1n) is 7.38. The van der Waals surface area contributed by atoms with Crippen LogP contribution in [0.3, 0.4) is 0 Å². The summed E-state index contributed by atoms with van der Waals surface area (Å²) in [5, 5.41) is 4.43. The molecule has 5 nitrogen and oxygen atoms in total. The predicted octanol–water partition coefficient (Wildman–Crippen LogP) is 3.29. The maximum Gasteiger partial charge on any atom is 0.418 e. The summed E-state index contributed by atoms with van der Waals surface area (Å²) < 4.78 is 41.4. The Labute approximate surface area is 141 Å². The molecule has 0 unspecified atom stereocenters. The predicted molar refractivity (Wildman–Crippen MR) is 84.9 cm³/mol. The van der Waals surface area contributed by atoms with Gasteiger partial charge in [-0.15, -0.1) is 0 Å². The van der Waals surface area contributed by atoms with Crippen LogP contribution in [0, 0.1) is 13.8 Å². The van der Waals surface area contributed by atoms with Crippen molar-refractivity contribution in [2.45, 2.75) is 20.0 Å². The lowest BCUT2D eigenvalue weighted by molar-refractivity contribution is -0.137. The number of imide groups is 1. The molecule has 1 fully saturated rings. The minimum Gasteiger partial charge on any atom is -0.317 e. The maximum atomic E-state index is 13.3. The van der Waals surface area contributed by atoms with E-state index in [-0.39, 0.29) is 11.4 Å². The smallest absolute Gasteiger partial charge is 0.317 e. The molecular formula is C17H14F3N3O2. The number of amides is 3. The quantitative estimate of drug-likeness (QED) is 0.646. The van der Waals surface area contributed by atoms with Crippen molar-refractivity contribution in [3.63, 3.8) is 0 Å². The van der Waals surface area contributed by atoms with Crippen LogP contribution in [0.4, 0.5) is 18.0 Å². The number of nitrogens with zero attached hydrogens (tertiary/aromatic N) is 1. The van der Waals surface area contributed by atoms with Gasteiger partial charge in [-0.05, 0) is 43.7 Å². The monoisotopic (exact) mass is 349 g/mol. The Kier molecular flexibility index (Phi) is 3.90. The molecule has 0 saturated carbocycles. The van der Waals surface area contributed by atoms with Gasteiger partial charge >= 0.3 is 12.2 Å². The molecule has 1 aliphatic rings. The fourth-order valence-electron chi connectivity index (χ4n) is 2.85. The summed E-state index contributed by atoms with van der Waals surface area (Å²) in [4.78, 5) is 22.8. The van der Waals surface area contributed by atoms with E-state index >= 15 is 0 Å². The molecule has 1 aromatic heterocycles. The van der Waals surface area contributed by atoms with E-state index in [9.17, 15) is 22.8 Å². The van der Waals surface area contributed by atoms with Crippen molar-refractivity contribution in [1.82, 2.24) is 15.2 Å². The highest BCUT2D eigenvalue weighted by Gasteiger charge is 2.34. The molecule has 3 amide bonds. The second-order valence-corrected chi connectivity index (χ2v) is 5.64. The molecule has 25 heavy (non-hydrogen) atoms. The highest BCUT2D eigenvalue weighted by atomic mass is 19.4. The van der Waals surface area contributed by atoms with Crippen molar-refractivity contribution in [3.05, 3.63) is 58.5 Å². The highest BCUT2D eigenvalue weighted by Crippen LogP contribution is 2.35. The van der Waals surface area contributed by atoms with Crippen molar-refractivity contribution >= 4 is 18.0 Å². The number of alkyl halides is 3. The molecule has 130 valence electrons. The first-order chi connectivity index (χ1) is 11.7. The zero-order chi connectivity index (χ0) is 18.4. The second kappa shape index (κ2) is 5.80. The van der Waals surface area contributed by atoms with Crippen LogP contribution >= 0.6 is 0 Å². The van der Waals surface area contributed by atoms with Gasteiger partial charge in [-0.3, -0.25) is 10.1 Å². The minimum atomic E-state index is -4.49. The zero-order valence-electron chi connectivity index (χ0n) is 13.4. The number of aryl methyl sites for hydroxylation is 1. The van der Waals surface area contributed by atoms with Crippen molar-refractivity contribution in [3.8, 4) is 5.69 Å². The lowest BCUT2D eigenvalue weighted by Crippen LogP contribution is -2.22. The van der Waals surface area contributed by atoms with Gasteiger partial charge in [0.2, 0.25) is 0 Å². The minimum absolute atomic E-state index is 0.00885. The van der Waals surface area contributed by atoms with E-state index in [1.165, 1.54) is 28.8 Å². The van der Waals surface area contributed by atoms with Gasteiger partial charge in [0.15, 0.2) is 0 Å². The van der Waals surface area contributed by atoms with Gasteiger partial charge in [-0.2, -0.15) is 13.2 Å². The Hall–Kier alpha value is -3.03. The fourth-order valence-corrected chi connectivity index (χ4v) is 2.85. The van der Waals surface area contributed by atoms with Crippen LogP contribution in [-0.4, -0.2) is 16.5 Å². The van der Waals surface area contributed by atoms with Crippen LogP contribution in [0.2, 0.25) is 0 Å². The van der Waals surface area contributed by atoms with Gasteiger partial charge in [-0.25, -0.2) is 4.79 Å². The van der Waals surface area contributed by atoms with Gasteiger partial charge < -0.3 is 9.88 Å². The molecule has 0 spiro atoms. The van der Waals surface area contributed by atoms with Gasteiger partial charge in [0.05, 0.1) is 11.3 Å². The number of urea groups is 1. The number of para-hydroxylation sites is 1. The molecule has 1 saturated heterocycles. The average Bonchev–Trinajstić information content (AvgIpc) is 2.97. The van der Waals surface area contributed by atoms with E-state index in [0.717, 1.165) is 6.07 Å². The van der Waals surface area contributed by atoms with E-state index in [0.29, 0.717) is 17.0 Å². The van der Waals surface area contributed by atoms with E-state index in [4.69, 9.17) is 0 Å². The Morgan fingerprint density at radius 1 is 1.08 bits per heavy atom. The third-order valence-corrected chi connectivity index (χ3v) is 3.94. The summed E-state index contributed by atoms with van der Waals surface area (Å²) in [6, 6.07) is 6.31. The first kappa shape index (κ1) is 16.8. The number of halogens is 3. The topological polar surface area (TPSA) is 63.1 Å². The third kappa shape index (κ3) is 3.02. The van der Waals surface area contributed by atoms with Crippen molar-refractivity contribution < 1.29 is 22.8 Å². The molecule has 1 aromatic carbocycles. The molecular weight excluding hydrogens is 335 g/mol. The lowest BCUT2D eigenvalue weighted by Gasteiger charge is -2.16. The highest BCUT2D eigenvalue weighted by molar-refractivity contribution is 6.14. The molecule has 3 rings (SSSR count). The number of carbonyl (C=O) groups is 2. The molecule has 0 bridgehead atoms. The number of hydrogen-bond donors (Lipinski definition) is 2. The number of aromatic nitrogens is 1. The number of rotatable bonds is 2. The van der Waals surface area contributed by atoms with Crippen LogP contribution in [0.5, 0.6) is 0 Å². The zero-order valence-corrected chi connectivity index (χ0v) is 13.4. The van der Waals surface area contributed by atoms with Crippen molar-refractivity contribution in [2.75, 3.05) is 0 Å². The summed E-state index contributed by atoms with van der Waals surface area (Å²) in [6.45, 7) is 3.33. The lowest BCUT2D eigenvalue weighted by atomic mass is 10.1. The molecule has 2 N–H and O–H groups in total. The van der Waals surface area contributed by atoms with Crippen molar-refractivity contribution in [2.24, 2.45) is 0 Å². The van der Waals surface area contributed by atoms with E-state index in [1.54, 1.807) is 19.9 Å². The summed E-state index contributed by atoms with van der Waals surface area (Å²) >= 11 is 0. The fraction of sp³-hybridized carbons (Fsp3) is 0.176. The SMILES string of the molecule is Cc1cc(/C=C2\NC(=O)NC2=O)c(C)n1-c1ccccc1C(F)(F)F. The molecule has 0 radical (unpaired) electrons. The molecule has 2 heterocycles. The van der Waals surface area contributed by atoms with Gasteiger partial charge in [-0.1, -0.05) is 12.1 Å². The summed E-state index contributed by atoms with van der Waals surface area (Å²) in [6.07, 6.45) is -3.05. The number of carbonyl (C=O) groups excluding carboxylic acids is 2. The standard InChI is InChI=1S/C17H14F3N3O2/c1-9-7-11(8-13-15(24)22-16(25)21-13)10(2)23(9)14-6-4-3-5-12(14)17(18,19)20/h3-8H,1-2H3,(H2,21,22,24,25)/b13-8-. The van der Waals surface area contributed by atoms with Crippen LogP contribution < -0.4 is 10.6 Å². The summed E-state index contributed by atoms with van der Waals surface area (Å²) in [5.74, 6) is -0.578. The Morgan fingerprint density at radius 3 is 2.36 bits per heavy atom. The molecule has 0 atom stereocenters. The van der Waals surface area contributed by atoms with E-state index in [1.807, 2.05) is 0 Å². The van der Waals surface area contributed by atoms with Crippen molar-refractivity contribution in [1.29, 1.82) is 0 Å². The molecule has 0 aliphatic carbocycles. The van der Waals surface area contributed by atoms with Gasteiger partial charge in [0, 0.05) is 11.4 Å². The van der Waals surface area contributed by atoms with Crippen LogP contribution in [0.25, 0.3) is 11.8 Å². The normalized spacial score (nSPS) is 16.3. The number of benzene rings is 1. The number of hydrogen-bond acceptors (Lipinski definition) is 2. The van der Waals surface area contributed by atoms with E-state index < -0.39 is 23.7 Å². The van der Waals surface area contributed by atoms with E-state index in [2.05, 4.69) is 10.6 Å². The Morgan fingerprint density at radius 2 is 1.76 bits per heavy atom. The molecule has 8 heteroatoms. The summed E-state index contributed by atoms with van der Waals surface area (Å²) in [7, 11) is 0. The second-order valence-electron chi connectivity index (χ2n) is 5.64. The number of nitrogens with one attached hydrogen (secondary N) is 2. The Balaban J connectivity index is 2.13. The first-order valence-corrected chi connectivity index (χ1v) is 7.38.